The zero-order valence-corrected chi connectivity index (χ0v) is 16.9. The molecule has 0 heterocycles. The Morgan fingerprint density at radius 1 is 0.964 bits per heavy atom. The Labute approximate surface area is 167 Å². The summed E-state index contributed by atoms with van der Waals surface area (Å²) in [6.45, 7) is 2.53. The van der Waals surface area contributed by atoms with Crippen LogP contribution in [0.3, 0.4) is 0 Å². The van der Waals surface area contributed by atoms with E-state index >= 15 is 0 Å². The van der Waals surface area contributed by atoms with Gasteiger partial charge in [-0.25, -0.2) is 0 Å². The third kappa shape index (κ3) is 7.04. The van der Waals surface area contributed by atoms with Crippen molar-refractivity contribution in [3.05, 3.63) is 65.7 Å². The van der Waals surface area contributed by atoms with Crippen LogP contribution in [-0.4, -0.2) is 57.5 Å². The van der Waals surface area contributed by atoms with Crippen LogP contribution < -0.4 is 15.5 Å². The minimum atomic E-state index is -0.0998. The molecule has 2 N–H and O–H groups in total. The van der Waals surface area contributed by atoms with Crippen LogP contribution in [0.5, 0.6) is 0 Å². The van der Waals surface area contributed by atoms with Gasteiger partial charge in [0.25, 0.3) is 5.91 Å². The van der Waals surface area contributed by atoms with Crippen LogP contribution in [0.25, 0.3) is 0 Å². The number of benzene rings is 2. The Morgan fingerprint density at radius 3 is 2.29 bits per heavy atom. The van der Waals surface area contributed by atoms with Crippen molar-refractivity contribution in [2.75, 3.05) is 45.7 Å². The van der Waals surface area contributed by atoms with E-state index in [0.29, 0.717) is 25.2 Å². The van der Waals surface area contributed by atoms with E-state index in [1.807, 2.05) is 42.3 Å². The zero-order chi connectivity index (χ0) is 20.4. The second kappa shape index (κ2) is 11.1. The van der Waals surface area contributed by atoms with E-state index < -0.39 is 0 Å². The average Bonchev–Trinajstić information content (AvgIpc) is 2.71. The predicted molar refractivity (Wildman–Crippen MR) is 114 cm³/mol. The monoisotopic (exact) mass is 382 g/mol. The maximum Gasteiger partial charge on any atom is 0.251 e. The number of rotatable bonds is 10. The third-order valence-corrected chi connectivity index (χ3v) is 4.50. The Morgan fingerprint density at radius 2 is 1.64 bits per heavy atom. The summed E-state index contributed by atoms with van der Waals surface area (Å²) in [7, 11) is 5.58. The van der Waals surface area contributed by atoms with E-state index in [4.69, 9.17) is 0 Å². The molecule has 150 valence electrons. The van der Waals surface area contributed by atoms with Gasteiger partial charge in [-0.1, -0.05) is 30.3 Å². The van der Waals surface area contributed by atoms with Gasteiger partial charge in [0, 0.05) is 45.0 Å². The molecule has 0 saturated carbocycles. The van der Waals surface area contributed by atoms with E-state index in [0.717, 1.165) is 18.5 Å². The lowest BCUT2D eigenvalue weighted by Gasteiger charge is -2.20. The fraction of sp³-hybridized carbons (Fsp3) is 0.364. The zero-order valence-electron chi connectivity index (χ0n) is 16.9. The molecule has 2 aromatic rings. The van der Waals surface area contributed by atoms with Gasteiger partial charge in [0.05, 0.1) is 6.54 Å². The van der Waals surface area contributed by atoms with Crippen LogP contribution in [0.4, 0.5) is 5.69 Å². The molecule has 0 bridgehead atoms. The Balaban J connectivity index is 1.66. The van der Waals surface area contributed by atoms with Gasteiger partial charge < -0.3 is 15.5 Å². The topological polar surface area (TPSA) is 64.7 Å². The molecule has 0 aliphatic carbocycles. The fourth-order valence-corrected chi connectivity index (χ4v) is 2.93. The van der Waals surface area contributed by atoms with Crippen molar-refractivity contribution >= 4 is 17.5 Å². The first-order valence-corrected chi connectivity index (χ1v) is 9.52. The fourth-order valence-electron chi connectivity index (χ4n) is 2.93. The number of para-hydroxylation sites is 1. The number of carbonyl (C=O) groups is 2. The van der Waals surface area contributed by atoms with Crippen LogP contribution in [0.2, 0.25) is 0 Å². The summed E-state index contributed by atoms with van der Waals surface area (Å²) >= 11 is 0. The molecule has 2 aromatic carbocycles. The van der Waals surface area contributed by atoms with Crippen molar-refractivity contribution in [2.24, 2.45) is 0 Å². The maximum atomic E-state index is 12.1. The highest BCUT2D eigenvalue weighted by Crippen LogP contribution is 2.10. The van der Waals surface area contributed by atoms with Crippen molar-refractivity contribution in [1.29, 1.82) is 0 Å². The number of carbonyl (C=O) groups excluding carboxylic acids is 2. The highest BCUT2D eigenvalue weighted by molar-refractivity contribution is 5.93. The number of nitrogens with zero attached hydrogens (tertiary/aromatic N) is 2. The summed E-state index contributed by atoms with van der Waals surface area (Å²) in [4.78, 5) is 27.8. The van der Waals surface area contributed by atoms with E-state index in [9.17, 15) is 9.59 Å². The lowest BCUT2D eigenvalue weighted by atomic mass is 10.1. The molecule has 0 aliphatic heterocycles. The number of amides is 2. The molecule has 6 nitrogen and oxygen atoms in total. The first-order chi connectivity index (χ1) is 13.5. The summed E-state index contributed by atoms with van der Waals surface area (Å²) in [6.07, 6.45) is 0.891. The standard InChI is InChI=1S/C22H30N4O2/c1-23-22(28)19-12-10-18(11-13-19)16-25(2)17-21(27)24-14-7-15-26(3)20-8-5-4-6-9-20/h4-6,8-13H,7,14-17H2,1-3H3,(H,23,28)(H,24,27). The first-order valence-electron chi connectivity index (χ1n) is 9.52. The van der Waals surface area contributed by atoms with Crippen LogP contribution in [0, 0.1) is 0 Å². The number of anilines is 1. The van der Waals surface area contributed by atoms with Gasteiger partial charge in [-0.3, -0.25) is 14.5 Å². The quantitative estimate of drug-likeness (QED) is 0.618. The molecular formula is C22H30N4O2. The van der Waals surface area contributed by atoms with Gasteiger partial charge in [-0.05, 0) is 43.3 Å². The molecule has 28 heavy (non-hydrogen) atoms. The first kappa shape index (κ1) is 21.4. The van der Waals surface area contributed by atoms with E-state index in [2.05, 4.69) is 34.7 Å². The molecule has 2 rings (SSSR count). The van der Waals surface area contributed by atoms with Crippen LogP contribution in [-0.2, 0) is 11.3 Å². The van der Waals surface area contributed by atoms with E-state index in [1.165, 1.54) is 5.69 Å². The van der Waals surface area contributed by atoms with Gasteiger partial charge in [-0.15, -0.1) is 0 Å². The molecule has 0 unspecified atom stereocenters. The van der Waals surface area contributed by atoms with Gasteiger partial charge in [0.15, 0.2) is 0 Å². The second-order valence-electron chi connectivity index (χ2n) is 6.91. The van der Waals surface area contributed by atoms with Crippen LogP contribution in [0.15, 0.2) is 54.6 Å². The summed E-state index contributed by atoms with van der Waals surface area (Å²) < 4.78 is 0. The SMILES string of the molecule is CNC(=O)c1ccc(CN(C)CC(=O)NCCCN(C)c2ccccc2)cc1. The molecule has 0 spiro atoms. The van der Waals surface area contributed by atoms with Crippen molar-refractivity contribution in [1.82, 2.24) is 15.5 Å². The summed E-state index contributed by atoms with van der Waals surface area (Å²) in [5.41, 5.74) is 2.87. The van der Waals surface area contributed by atoms with Gasteiger partial charge in [-0.2, -0.15) is 0 Å². The van der Waals surface area contributed by atoms with Crippen molar-refractivity contribution in [3.8, 4) is 0 Å². The maximum absolute atomic E-state index is 12.1. The Kier molecular flexibility index (Phi) is 8.49. The number of likely N-dealkylation sites (N-methyl/N-ethyl adjacent to an activating group) is 1. The Bertz CT molecular complexity index is 747. The smallest absolute Gasteiger partial charge is 0.251 e. The van der Waals surface area contributed by atoms with Crippen LogP contribution >= 0.6 is 0 Å². The molecule has 0 aliphatic rings. The van der Waals surface area contributed by atoms with E-state index in [-0.39, 0.29) is 11.8 Å². The van der Waals surface area contributed by atoms with Gasteiger partial charge in [0.2, 0.25) is 5.91 Å². The highest BCUT2D eigenvalue weighted by Gasteiger charge is 2.08. The average molecular weight is 383 g/mol. The van der Waals surface area contributed by atoms with Gasteiger partial charge >= 0.3 is 0 Å². The number of hydrogen-bond donors (Lipinski definition) is 2. The van der Waals surface area contributed by atoms with Crippen molar-refractivity contribution in [2.45, 2.75) is 13.0 Å². The lowest BCUT2D eigenvalue weighted by molar-refractivity contribution is -0.122. The highest BCUT2D eigenvalue weighted by atomic mass is 16.2. The molecule has 2 amide bonds. The van der Waals surface area contributed by atoms with Crippen LogP contribution in [0.1, 0.15) is 22.3 Å². The molecule has 6 heteroatoms. The van der Waals surface area contributed by atoms with Crippen molar-refractivity contribution < 1.29 is 9.59 Å². The molecular weight excluding hydrogens is 352 g/mol. The lowest BCUT2D eigenvalue weighted by Crippen LogP contribution is -2.36. The largest absolute Gasteiger partial charge is 0.375 e. The summed E-state index contributed by atoms with van der Waals surface area (Å²) in [5, 5.41) is 5.58. The minimum absolute atomic E-state index is 0.0202. The molecule has 0 saturated heterocycles. The number of hydrogen-bond acceptors (Lipinski definition) is 4. The Hall–Kier alpha value is -2.86. The van der Waals surface area contributed by atoms with Crippen molar-refractivity contribution in [3.63, 3.8) is 0 Å². The summed E-state index contributed by atoms with van der Waals surface area (Å²) in [5.74, 6) is -0.0796. The molecule has 0 radical (unpaired) electrons. The molecule has 0 aromatic heterocycles. The second-order valence-corrected chi connectivity index (χ2v) is 6.91. The van der Waals surface area contributed by atoms with E-state index in [1.54, 1.807) is 19.2 Å². The van der Waals surface area contributed by atoms with Gasteiger partial charge in [0.1, 0.15) is 0 Å². The normalized spacial score (nSPS) is 10.6. The molecule has 0 fully saturated rings. The minimum Gasteiger partial charge on any atom is -0.375 e. The number of nitrogens with one attached hydrogen (secondary N) is 2. The predicted octanol–water partition coefficient (Wildman–Crippen LogP) is 2.12. The summed E-state index contributed by atoms with van der Waals surface area (Å²) in [6, 6.07) is 17.6. The third-order valence-electron chi connectivity index (χ3n) is 4.50. The molecule has 0 atom stereocenters.